The Morgan fingerprint density at radius 2 is 1.61 bits per heavy atom. The number of hydrogen-bond acceptors (Lipinski definition) is 4. The maximum absolute atomic E-state index is 11.4. The second-order valence-electron chi connectivity index (χ2n) is 6.66. The minimum atomic E-state index is -5.42. The van der Waals surface area contributed by atoms with E-state index >= 15 is 0 Å². The van der Waals surface area contributed by atoms with Crippen LogP contribution in [0.1, 0.15) is 0 Å². The molecule has 0 atom stereocenters. The summed E-state index contributed by atoms with van der Waals surface area (Å²) in [5.74, 6) is -5.34. The molecule has 0 aliphatic heterocycles. The van der Waals surface area contributed by atoms with Crippen molar-refractivity contribution in [3.05, 3.63) is 66.6 Å². The first-order valence-corrected chi connectivity index (χ1v) is 8.89. The van der Waals surface area contributed by atoms with Gasteiger partial charge in [0, 0.05) is 48.7 Å². The van der Waals surface area contributed by atoms with Crippen LogP contribution < -0.4 is 0 Å². The molecule has 3 aromatic carbocycles. The fraction of sp³-hybridized carbons (Fsp3) is 0.0909. The Morgan fingerprint density at radius 1 is 0.939 bits per heavy atom. The van der Waals surface area contributed by atoms with Crippen molar-refractivity contribution in [1.82, 2.24) is 4.98 Å². The maximum Gasteiger partial charge on any atom is 0.454 e. The number of rotatable bonds is 1. The van der Waals surface area contributed by atoms with Gasteiger partial charge in [-0.1, -0.05) is 17.5 Å². The molecule has 0 amide bonds. The molecule has 1 radical (unpaired) electrons. The zero-order valence-electron chi connectivity index (χ0n) is 16.0. The zero-order valence-corrected chi connectivity index (χ0v) is 18.4. The van der Waals surface area contributed by atoms with E-state index in [4.69, 9.17) is 9.52 Å². The van der Waals surface area contributed by atoms with Gasteiger partial charge < -0.3 is 14.5 Å². The second kappa shape index (κ2) is 8.64. The van der Waals surface area contributed by atoms with Crippen molar-refractivity contribution >= 4 is 49.4 Å². The van der Waals surface area contributed by atoms with Crippen LogP contribution in [-0.2, 0) is 24.9 Å². The summed E-state index contributed by atoms with van der Waals surface area (Å²) in [6.07, 6.45) is -9.88. The van der Waals surface area contributed by atoms with Crippen LogP contribution in [0, 0.1) is 6.07 Å². The molecule has 33 heavy (non-hydrogen) atoms. The molecule has 5 aromatic rings. The van der Waals surface area contributed by atoms with Gasteiger partial charge in [0.15, 0.2) is 0 Å². The fourth-order valence-electron chi connectivity index (χ4n) is 3.32. The van der Waals surface area contributed by atoms with E-state index in [1.165, 1.54) is 16.2 Å². The molecule has 11 heteroatoms. The van der Waals surface area contributed by atoms with Crippen molar-refractivity contribution in [3.8, 4) is 0 Å². The molecular weight excluding hydrogens is 632 g/mol. The number of ketones is 1. The summed E-state index contributed by atoms with van der Waals surface area (Å²) in [4.78, 5) is 14.4. The number of allylic oxidation sites excluding steroid dienone is 2. The molecule has 0 aliphatic rings. The van der Waals surface area contributed by atoms with Gasteiger partial charge in [-0.2, -0.15) is 26.3 Å². The van der Waals surface area contributed by atoms with E-state index in [0.29, 0.717) is 0 Å². The molecule has 2 aromatic heterocycles. The molecule has 2 heterocycles. The van der Waals surface area contributed by atoms with Crippen molar-refractivity contribution in [2.45, 2.75) is 12.4 Å². The van der Waals surface area contributed by atoms with Crippen LogP contribution >= 0.6 is 0 Å². The number of aromatic nitrogens is 1. The SMILES string of the molecule is O=C(/C=C(\O)C(F)(F)F)C(F)(F)F.[Ir].[c-]1cccc2c1c1nccc3oc4cccc2c4c31. The van der Waals surface area contributed by atoms with Crippen LogP contribution in [0.3, 0.4) is 0 Å². The molecule has 0 saturated carbocycles. The molecule has 1 N–H and O–H groups in total. The molecule has 173 valence electrons. The van der Waals surface area contributed by atoms with Gasteiger partial charge in [0.25, 0.3) is 5.78 Å². The number of furan rings is 1. The van der Waals surface area contributed by atoms with Gasteiger partial charge in [0.1, 0.15) is 11.2 Å². The monoisotopic (exact) mass is 643 g/mol. The van der Waals surface area contributed by atoms with Crippen LogP contribution in [0.15, 0.2) is 64.9 Å². The quantitative estimate of drug-likeness (QED) is 0.0732. The van der Waals surface area contributed by atoms with Gasteiger partial charge in [-0.3, -0.25) is 4.79 Å². The van der Waals surface area contributed by atoms with E-state index < -0.39 is 30.0 Å². The molecule has 0 aliphatic carbocycles. The Kier molecular flexibility index (Phi) is 6.41. The molecule has 4 nitrogen and oxygen atoms in total. The summed E-state index contributed by atoms with van der Waals surface area (Å²) < 4.78 is 74.0. The van der Waals surface area contributed by atoms with Crippen molar-refractivity contribution in [2.24, 2.45) is 0 Å². The summed E-state index contributed by atoms with van der Waals surface area (Å²) >= 11 is 0. The van der Waals surface area contributed by atoms with Crippen molar-refractivity contribution in [1.29, 1.82) is 0 Å². The largest absolute Gasteiger partial charge is 0.504 e. The van der Waals surface area contributed by atoms with E-state index in [9.17, 15) is 31.1 Å². The predicted molar refractivity (Wildman–Crippen MR) is 104 cm³/mol. The third kappa shape index (κ3) is 4.51. The minimum absolute atomic E-state index is 0. The molecule has 0 fully saturated rings. The topological polar surface area (TPSA) is 63.3 Å². The number of benzene rings is 3. The van der Waals surface area contributed by atoms with Crippen LogP contribution in [-0.4, -0.2) is 28.2 Å². The minimum Gasteiger partial charge on any atom is -0.504 e. The Bertz CT molecular complexity index is 1400. The van der Waals surface area contributed by atoms with Crippen LogP contribution in [0.2, 0.25) is 0 Å². The number of carbonyl (C=O) groups excluding carboxylic acids is 1. The number of hydrogen-bond donors (Lipinski definition) is 1. The Morgan fingerprint density at radius 3 is 2.27 bits per heavy atom. The summed E-state index contributed by atoms with van der Waals surface area (Å²) in [6, 6.07) is 17.5. The predicted octanol–water partition coefficient (Wildman–Crippen LogP) is 6.64. The summed E-state index contributed by atoms with van der Waals surface area (Å²) in [6.45, 7) is 0. The van der Waals surface area contributed by atoms with Gasteiger partial charge in [-0.05, 0) is 17.5 Å². The first-order chi connectivity index (χ1) is 15.0. The van der Waals surface area contributed by atoms with Gasteiger partial charge in [-0.15, -0.1) is 29.7 Å². The molecule has 0 saturated heterocycles. The normalized spacial score (nSPS) is 12.7. The van der Waals surface area contributed by atoms with Gasteiger partial charge in [0.05, 0.1) is 0 Å². The maximum atomic E-state index is 11.4. The number of nitrogens with zero attached hydrogens (tertiary/aromatic N) is 1. The fourth-order valence-corrected chi connectivity index (χ4v) is 3.32. The number of fused-ring (bicyclic) bond motifs is 3. The molecule has 0 bridgehead atoms. The van der Waals surface area contributed by atoms with Crippen molar-refractivity contribution in [3.63, 3.8) is 0 Å². The number of halogens is 6. The second-order valence-corrected chi connectivity index (χ2v) is 6.66. The first-order valence-electron chi connectivity index (χ1n) is 8.89. The van der Waals surface area contributed by atoms with E-state index in [1.807, 2.05) is 30.3 Å². The van der Waals surface area contributed by atoms with Gasteiger partial charge in [0.2, 0.25) is 5.76 Å². The van der Waals surface area contributed by atoms with E-state index in [-0.39, 0.29) is 20.1 Å². The molecular formula is C22H10F6IrNO3-. The smallest absolute Gasteiger partial charge is 0.454 e. The van der Waals surface area contributed by atoms with Crippen molar-refractivity contribution < 1.29 is 60.8 Å². The van der Waals surface area contributed by atoms with Crippen LogP contribution in [0.4, 0.5) is 26.3 Å². The van der Waals surface area contributed by atoms with Gasteiger partial charge in [-0.25, -0.2) is 0 Å². The Hall–Kier alpha value is -3.17. The molecule has 5 rings (SSSR count). The molecule has 0 spiro atoms. The summed E-state index contributed by atoms with van der Waals surface area (Å²) in [5, 5.41) is 13.7. The van der Waals surface area contributed by atoms with Gasteiger partial charge >= 0.3 is 12.4 Å². The number of pyridine rings is 1. The summed E-state index contributed by atoms with van der Waals surface area (Å²) in [5.41, 5.74) is 2.80. The van der Waals surface area contributed by atoms with E-state index in [0.717, 1.165) is 27.5 Å². The number of carbonyl (C=O) groups is 1. The number of aliphatic hydroxyl groups is 1. The standard InChI is InChI=1S/C17H8NO.C5H2F6O2.Ir/c1-2-5-12-10(4-1)11-6-3-7-13-15(11)16-14(19-13)8-9-18-17(12)16;6-4(7,8)2(12)1-3(13)5(9,10)11;/h1-4,6-9H;1,12H;/q-1;;/b;2-1-;. The third-order valence-corrected chi connectivity index (χ3v) is 4.63. The number of alkyl halides is 6. The van der Waals surface area contributed by atoms with Crippen LogP contribution in [0.25, 0.3) is 43.6 Å². The number of aliphatic hydroxyl groups excluding tert-OH is 1. The third-order valence-electron chi connectivity index (χ3n) is 4.63. The Balaban J connectivity index is 0.000000196. The average Bonchev–Trinajstić information content (AvgIpc) is 3.12. The average molecular weight is 643 g/mol. The molecule has 0 unspecified atom stereocenters. The zero-order chi connectivity index (χ0) is 23.3. The van der Waals surface area contributed by atoms with Crippen molar-refractivity contribution in [2.75, 3.05) is 0 Å². The van der Waals surface area contributed by atoms with E-state index in [2.05, 4.69) is 23.2 Å². The van der Waals surface area contributed by atoms with Crippen LogP contribution in [0.5, 0.6) is 0 Å². The van der Waals surface area contributed by atoms with E-state index in [1.54, 1.807) is 6.20 Å². The summed E-state index contributed by atoms with van der Waals surface area (Å²) in [7, 11) is 0. The Labute approximate surface area is 194 Å². The first kappa shape index (κ1) is 24.5.